The molecule has 1 aromatic heterocycles. The number of carbonyl (C=O) groups excluding carboxylic acids is 1. The molecule has 1 heterocycles. The number of rotatable bonds is 5. The Morgan fingerprint density at radius 1 is 1.43 bits per heavy atom. The van der Waals surface area contributed by atoms with Crippen LogP contribution in [0.4, 0.5) is 5.69 Å². The second-order valence-corrected chi connectivity index (χ2v) is 5.94. The molecule has 1 fully saturated rings. The van der Waals surface area contributed by atoms with Crippen LogP contribution in [0.2, 0.25) is 5.02 Å². The zero-order chi connectivity index (χ0) is 15.0. The molecule has 2 unspecified atom stereocenters. The molecule has 3 rings (SSSR count). The van der Waals surface area contributed by atoms with Crippen molar-refractivity contribution in [2.75, 3.05) is 5.32 Å². The van der Waals surface area contributed by atoms with Gasteiger partial charge in [0.05, 0.1) is 17.1 Å². The SMILES string of the molecule is CC1CC1c1ccc(CNc2ccc(C(N)=O)c(Cl)c2)o1. The number of halogens is 1. The van der Waals surface area contributed by atoms with Crippen LogP contribution in [-0.2, 0) is 6.54 Å². The molecule has 1 aromatic carbocycles. The van der Waals surface area contributed by atoms with Gasteiger partial charge in [0.2, 0.25) is 5.91 Å². The molecule has 0 spiro atoms. The Bertz CT molecular complexity index is 681. The van der Waals surface area contributed by atoms with Crippen LogP contribution < -0.4 is 11.1 Å². The summed E-state index contributed by atoms with van der Waals surface area (Å²) >= 11 is 6.01. The zero-order valence-corrected chi connectivity index (χ0v) is 12.5. The van der Waals surface area contributed by atoms with Crippen molar-refractivity contribution in [1.29, 1.82) is 0 Å². The Kier molecular flexibility index (Phi) is 3.64. The van der Waals surface area contributed by atoms with Crippen LogP contribution in [0, 0.1) is 5.92 Å². The van der Waals surface area contributed by atoms with Crippen molar-refractivity contribution in [1.82, 2.24) is 0 Å². The topological polar surface area (TPSA) is 68.3 Å². The summed E-state index contributed by atoms with van der Waals surface area (Å²) in [5.41, 5.74) is 6.37. The summed E-state index contributed by atoms with van der Waals surface area (Å²) in [4.78, 5) is 11.1. The van der Waals surface area contributed by atoms with Crippen molar-refractivity contribution in [2.45, 2.75) is 25.8 Å². The van der Waals surface area contributed by atoms with E-state index in [9.17, 15) is 4.79 Å². The van der Waals surface area contributed by atoms with E-state index in [2.05, 4.69) is 12.2 Å². The van der Waals surface area contributed by atoms with Crippen LogP contribution >= 0.6 is 11.6 Å². The third-order valence-corrected chi connectivity index (χ3v) is 4.17. The van der Waals surface area contributed by atoms with E-state index in [1.165, 1.54) is 6.42 Å². The van der Waals surface area contributed by atoms with Gasteiger partial charge >= 0.3 is 0 Å². The summed E-state index contributed by atoms with van der Waals surface area (Å²) in [5.74, 6) is 2.75. The van der Waals surface area contributed by atoms with Gasteiger partial charge in [0.25, 0.3) is 0 Å². The van der Waals surface area contributed by atoms with Gasteiger partial charge in [0, 0.05) is 11.6 Å². The predicted molar refractivity (Wildman–Crippen MR) is 82.5 cm³/mol. The molecule has 1 aliphatic carbocycles. The number of furan rings is 1. The standard InChI is InChI=1S/C16H17ClN2O2/c1-9-6-13(9)15-5-3-11(21-15)8-19-10-2-4-12(16(18)20)14(17)7-10/h2-5,7,9,13,19H,6,8H2,1H3,(H2,18,20). The number of amides is 1. The molecule has 1 amide bonds. The van der Waals surface area contributed by atoms with Gasteiger partial charge in [-0.3, -0.25) is 4.79 Å². The Labute approximate surface area is 128 Å². The van der Waals surface area contributed by atoms with Gasteiger partial charge in [-0.1, -0.05) is 18.5 Å². The van der Waals surface area contributed by atoms with Crippen molar-refractivity contribution in [3.8, 4) is 0 Å². The first-order chi connectivity index (χ1) is 10.0. The zero-order valence-electron chi connectivity index (χ0n) is 11.7. The fourth-order valence-corrected chi connectivity index (χ4v) is 2.70. The number of benzene rings is 1. The smallest absolute Gasteiger partial charge is 0.250 e. The number of hydrogen-bond donors (Lipinski definition) is 2. The molecule has 0 saturated heterocycles. The van der Waals surface area contributed by atoms with Crippen LogP contribution in [0.15, 0.2) is 34.7 Å². The highest BCUT2D eigenvalue weighted by molar-refractivity contribution is 6.34. The summed E-state index contributed by atoms with van der Waals surface area (Å²) in [5, 5.41) is 3.57. The van der Waals surface area contributed by atoms with E-state index in [0.717, 1.165) is 23.1 Å². The van der Waals surface area contributed by atoms with Gasteiger partial charge in [-0.2, -0.15) is 0 Å². The Morgan fingerprint density at radius 3 is 2.81 bits per heavy atom. The first kappa shape index (κ1) is 14.0. The number of hydrogen-bond acceptors (Lipinski definition) is 3. The van der Waals surface area contributed by atoms with Gasteiger partial charge < -0.3 is 15.5 Å². The molecule has 2 atom stereocenters. The van der Waals surface area contributed by atoms with Crippen LogP contribution in [0.3, 0.4) is 0 Å². The molecule has 3 N–H and O–H groups in total. The van der Waals surface area contributed by atoms with Crippen LogP contribution in [0.25, 0.3) is 0 Å². The van der Waals surface area contributed by atoms with Crippen molar-refractivity contribution in [3.63, 3.8) is 0 Å². The fraction of sp³-hybridized carbons (Fsp3) is 0.312. The summed E-state index contributed by atoms with van der Waals surface area (Å²) < 4.78 is 5.82. The van der Waals surface area contributed by atoms with Crippen molar-refractivity contribution < 1.29 is 9.21 Å². The number of nitrogens with two attached hydrogens (primary N) is 1. The van der Waals surface area contributed by atoms with E-state index in [1.807, 2.05) is 12.1 Å². The molecule has 110 valence electrons. The summed E-state index contributed by atoms with van der Waals surface area (Å²) in [7, 11) is 0. The lowest BCUT2D eigenvalue weighted by atomic mass is 10.2. The predicted octanol–water partition coefficient (Wildman–Crippen LogP) is 3.77. The highest BCUT2D eigenvalue weighted by atomic mass is 35.5. The molecular formula is C16H17ClN2O2. The van der Waals surface area contributed by atoms with Crippen molar-refractivity contribution in [2.24, 2.45) is 11.7 Å². The lowest BCUT2D eigenvalue weighted by Gasteiger charge is -2.07. The second-order valence-electron chi connectivity index (χ2n) is 5.54. The van der Waals surface area contributed by atoms with Crippen molar-refractivity contribution in [3.05, 3.63) is 52.4 Å². The Balaban J connectivity index is 1.63. The average Bonchev–Trinajstić information content (AvgIpc) is 2.99. The first-order valence-electron chi connectivity index (χ1n) is 6.96. The Morgan fingerprint density at radius 2 is 2.19 bits per heavy atom. The number of primary amides is 1. The molecule has 21 heavy (non-hydrogen) atoms. The fourth-order valence-electron chi connectivity index (χ4n) is 2.42. The third kappa shape index (κ3) is 3.05. The minimum Gasteiger partial charge on any atom is -0.464 e. The monoisotopic (exact) mass is 304 g/mol. The molecule has 0 aliphatic heterocycles. The molecule has 0 bridgehead atoms. The van der Waals surface area contributed by atoms with Gasteiger partial charge in [-0.15, -0.1) is 0 Å². The van der Waals surface area contributed by atoms with E-state index in [0.29, 0.717) is 23.0 Å². The quantitative estimate of drug-likeness (QED) is 0.883. The van der Waals surface area contributed by atoms with E-state index < -0.39 is 5.91 Å². The maximum atomic E-state index is 11.1. The summed E-state index contributed by atoms with van der Waals surface area (Å²) in [6.45, 7) is 2.81. The maximum absolute atomic E-state index is 11.1. The number of anilines is 1. The molecule has 4 nitrogen and oxygen atoms in total. The first-order valence-corrected chi connectivity index (χ1v) is 7.34. The van der Waals surface area contributed by atoms with Gasteiger partial charge in [-0.05, 0) is 42.7 Å². The van der Waals surface area contributed by atoms with Gasteiger partial charge in [0.1, 0.15) is 11.5 Å². The van der Waals surface area contributed by atoms with E-state index in [4.69, 9.17) is 21.8 Å². The minimum absolute atomic E-state index is 0.324. The van der Waals surface area contributed by atoms with E-state index in [-0.39, 0.29) is 0 Å². The Hall–Kier alpha value is -1.94. The lowest BCUT2D eigenvalue weighted by Crippen LogP contribution is -2.11. The van der Waals surface area contributed by atoms with Crippen LogP contribution in [-0.4, -0.2) is 5.91 Å². The molecule has 1 aliphatic rings. The third-order valence-electron chi connectivity index (χ3n) is 3.86. The van der Waals surface area contributed by atoms with Crippen LogP contribution in [0.5, 0.6) is 0 Å². The minimum atomic E-state index is -0.527. The highest BCUT2D eigenvalue weighted by Crippen LogP contribution is 2.47. The van der Waals surface area contributed by atoms with Gasteiger partial charge in [-0.25, -0.2) is 0 Å². The normalized spacial score (nSPS) is 20.3. The maximum Gasteiger partial charge on any atom is 0.250 e. The molecular weight excluding hydrogens is 288 g/mol. The molecule has 5 heteroatoms. The van der Waals surface area contributed by atoms with Crippen LogP contribution in [0.1, 0.15) is 41.1 Å². The highest BCUT2D eigenvalue weighted by Gasteiger charge is 2.36. The van der Waals surface area contributed by atoms with E-state index >= 15 is 0 Å². The number of carbonyl (C=O) groups is 1. The summed E-state index contributed by atoms with van der Waals surface area (Å²) in [6, 6.07) is 9.13. The molecule has 1 saturated carbocycles. The average molecular weight is 305 g/mol. The largest absolute Gasteiger partial charge is 0.464 e. The number of nitrogens with one attached hydrogen (secondary N) is 1. The summed E-state index contributed by atoms with van der Waals surface area (Å²) in [6.07, 6.45) is 1.21. The molecule has 2 aromatic rings. The van der Waals surface area contributed by atoms with Gasteiger partial charge in [0.15, 0.2) is 0 Å². The molecule has 0 radical (unpaired) electrons. The second kappa shape index (κ2) is 5.45. The lowest BCUT2D eigenvalue weighted by molar-refractivity contribution is 0.100. The van der Waals surface area contributed by atoms with Crippen molar-refractivity contribution >= 4 is 23.2 Å². The van der Waals surface area contributed by atoms with E-state index in [1.54, 1.807) is 18.2 Å².